The second-order valence-corrected chi connectivity index (χ2v) is 11.2. The van der Waals surface area contributed by atoms with Crippen LogP contribution in [0.25, 0.3) is 27.6 Å². The number of aryl methyl sites for hydroxylation is 1. The number of hydrogen-bond donors (Lipinski definition) is 0. The molecule has 2 aromatic carbocycles. The number of halogens is 3. The average molecular weight is 486 g/mol. The van der Waals surface area contributed by atoms with Crippen molar-refractivity contribution in [3.63, 3.8) is 0 Å². The van der Waals surface area contributed by atoms with Crippen molar-refractivity contribution in [3.05, 3.63) is 54.2 Å². The van der Waals surface area contributed by atoms with Crippen LogP contribution in [0.4, 0.5) is 18.9 Å². The predicted octanol–water partition coefficient (Wildman–Crippen LogP) is 3.26. The van der Waals surface area contributed by atoms with E-state index in [0.29, 0.717) is 31.3 Å². The molecule has 0 aliphatic carbocycles. The minimum Gasteiger partial charge on any atom is -0.292 e. The van der Waals surface area contributed by atoms with Gasteiger partial charge in [-0.1, -0.05) is 0 Å². The van der Waals surface area contributed by atoms with Crippen molar-refractivity contribution >= 4 is 47.7 Å². The summed E-state index contributed by atoms with van der Waals surface area (Å²) in [4.78, 5) is 0. The molecule has 170 valence electrons. The Labute approximate surface area is 181 Å². The largest absolute Gasteiger partial charge is 0.416 e. The molecular weight excluding hydrogens is 469 g/mol. The van der Waals surface area contributed by atoms with Crippen molar-refractivity contribution < 1.29 is 30.0 Å². The molecule has 8 nitrogen and oxygen atoms in total. The van der Waals surface area contributed by atoms with Gasteiger partial charge in [-0.3, -0.25) is 9.25 Å². The van der Waals surface area contributed by atoms with E-state index < -0.39 is 31.8 Å². The number of sulfonamides is 2. The van der Waals surface area contributed by atoms with Crippen LogP contribution in [0.15, 0.2) is 48.7 Å². The number of hydrogen-bond acceptors (Lipinski definition) is 5. The van der Waals surface area contributed by atoms with Gasteiger partial charge in [-0.05, 0) is 42.5 Å². The number of benzene rings is 2. The number of nitrogens with zero attached hydrogens (tertiary/aromatic N) is 4. The van der Waals surface area contributed by atoms with E-state index in [1.807, 2.05) is 0 Å². The lowest BCUT2D eigenvalue weighted by atomic mass is 10.2. The minimum absolute atomic E-state index is 0.0853. The van der Waals surface area contributed by atoms with Crippen LogP contribution >= 0.6 is 0 Å². The van der Waals surface area contributed by atoms with Crippen molar-refractivity contribution in [2.24, 2.45) is 7.05 Å². The minimum atomic E-state index is -4.48. The second-order valence-electron chi connectivity index (χ2n) is 7.34. The van der Waals surface area contributed by atoms with E-state index in [0.717, 1.165) is 24.6 Å². The zero-order valence-corrected chi connectivity index (χ0v) is 18.6. The molecule has 0 saturated carbocycles. The molecule has 2 heterocycles. The normalized spacial score (nSPS) is 13.2. The number of fused-ring (bicyclic) bond motifs is 3. The van der Waals surface area contributed by atoms with Crippen LogP contribution in [0.1, 0.15) is 5.56 Å². The van der Waals surface area contributed by atoms with E-state index in [4.69, 9.17) is 0 Å². The van der Waals surface area contributed by atoms with Gasteiger partial charge >= 0.3 is 6.18 Å². The smallest absolute Gasteiger partial charge is 0.292 e. The van der Waals surface area contributed by atoms with Crippen LogP contribution < -0.4 is 3.71 Å². The first-order chi connectivity index (χ1) is 14.7. The fourth-order valence-corrected chi connectivity index (χ4v) is 6.64. The Bertz CT molecular complexity index is 1540. The zero-order valence-electron chi connectivity index (χ0n) is 17.0. The number of anilines is 1. The molecule has 0 fully saturated rings. The fraction of sp³-hybridized carbons (Fsp3) is 0.211. The molecule has 0 atom stereocenters. The Morgan fingerprint density at radius 3 is 2.03 bits per heavy atom. The summed E-state index contributed by atoms with van der Waals surface area (Å²) >= 11 is 0. The summed E-state index contributed by atoms with van der Waals surface area (Å²) in [5, 5.41) is 5.44. The first kappa shape index (κ1) is 22.1. The Morgan fingerprint density at radius 1 is 0.906 bits per heavy atom. The second kappa shape index (κ2) is 6.97. The van der Waals surface area contributed by atoms with Gasteiger partial charge in [-0.25, -0.2) is 16.8 Å². The lowest BCUT2D eigenvalue weighted by molar-refractivity contribution is -0.137. The summed E-state index contributed by atoms with van der Waals surface area (Å²) in [6, 6.07) is 8.77. The van der Waals surface area contributed by atoms with Crippen LogP contribution in [-0.4, -0.2) is 43.7 Å². The molecule has 0 bridgehead atoms. The van der Waals surface area contributed by atoms with Gasteiger partial charge in [0, 0.05) is 29.7 Å². The highest BCUT2D eigenvalue weighted by Crippen LogP contribution is 2.36. The third-order valence-corrected chi connectivity index (χ3v) is 8.05. The fourth-order valence-electron chi connectivity index (χ4n) is 3.68. The molecule has 0 spiro atoms. The topological polar surface area (TPSA) is 94.3 Å². The van der Waals surface area contributed by atoms with Crippen LogP contribution in [0.3, 0.4) is 0 Å². The summed E-state index contributed by atoms with van der Waals surface area (Å²) in [5.74, 6) is 0. The highest BCUT2D eigenvalue weighted by atomic mass is 32.3. The van der Waals surface area contributed by atoms with E-state index >= 15 is 0 Å². The molecule has 4 aromatic rings. The molecule has 4 rings (SSSR count). The molecule has 2 aromatic heterocycles. The van der Waals surface area contributed by atoms with Crippen molar-refractivity contribution in [1.29, 1.82) is 0 Å². The van der Waals surface area contributed by atoms with E-state index in [2.05, 4.69) is 5.10 Å². The molecular formula is C19H17F3N4O4S2. The van der Waals surface area contributed by atoms with E-state index in [1.54, 1.807) is 17.8 Å². The average Bonchev–Trinajstić information content (AvgIpc) is 3.13. The van der Waals surface area contributed by atoms with Gasteiger partial charge in [0.25, 0.3) is 0 Å². The van der Waals surface area contributed by atoms with Crippen LogP contribution in [0.5, 0.6) is 0 Å². The van der Waals surface area contributed by atoms with Crippen molar-refractivity contribution in [2.45, 2.75) is 6.18 Å². The molecule has 32 heavy (non-hydrogen) atoms. The van der Waals surface area contributed by atoms with Gasteiger partial charge in [-0.2, -0.15) is 22.0 Å². The summed E-state index contributed by atoms with van der Waals surface area (Å²) in [5.41, 5.74) is 0.470. The highest BCUT2D eigenvalue weighted by Gasteiger charge is 2.31. The van der Waals surface area contributed by atoms with Crippen molar-refractivity contribution in [3.8, 4) is 5.69 Å². The maximum Gasteiger partial charge on any atom is 0.416 e. The summed E-state index contributed by atoms with van der Waals surface area (Å²) < 4.78 is 91.0. The number of rotatable bonds is 4. The Morgan fingerprint density at radius 2 is 1.50 bits per heavy atom. The van der Waals surface area contributed by atoms with Gasteiger partial charge in [0.2, 0.25) is 20.0 Å². The molecule has 0 aliphatic rings. The number of alkyl halides is 3. The van der Waals surface area contributed by atoms with Gasteiger partial charge in [0.1, 0.15) is 0 Å². The third kappa shape index (κ3) is 3.71. The van der Waals surface area contributed by atoms with Crippen LogP contribution in [0.2, 0.25) is 0 Å². The Balaban J connectivity index is 2.00. The maximum atomic E-state index is 13.0. The molecule has 0 radical (unpaired) electrons. The molecule has 0 saturated heterocycles. The monoisotopic (exact) mass is 486 g/mol. The summed E-state index contributed by atoms with van der Waals surface area (Å²) in [7, 11) is -6.63. The lowest BCUT2D eigenvalue weighted by Crippen LogP contribution is -2.35. The lowest BCUT2D eigenvalue weighted by Gasteiger charge is -2.20. The van der Waals surface area contributed by atoms with Crippen LogP contribution in [0, 0.1) is 0 Å². The van der Waals surface area contributed by atoms with Crippen molar-refractivity contribution in [2.75, 3.05) is 16.2 Å². The summed E-state index contributed by atoms with van der Waals surface area (Å²) in [6.45, 7) is 0. The molecule has 0 N–H and O–H groups in total. The SMILES string of the molecule is Cn1cc2c3cc(N(S(C)(=O)=O)S(C)(=O)=O)ccc3n(-c3ccc(C(F)(F)F)cc3)c2n1. The molecule has 13 heteroatoms. The van der Waals surface area contributed by atoms with E-state index in [9.17, 15) is 30.0 Å². The Kier molecular flexibility index (Phi) is 4.82. The molecule has 0 amide bonds. The van der Waals surface area contributed by atoms with Gasteiger partial charge in [0.15, 0.2) is 5.65 Å². The first-order valence-electron chi connectivity index (χ1n) is 9.04. The molecule has 0 unspecified atom stereocenters. The van der Waals surface area contributed by atoms with E-state index in [-0.39, 0.29) is 5.69 Å². The van der Waals surface area contributed by atoms with Gasteiger partial charge in [0.05, 0.1) is 29.3 Å². The first-order valence-corrected chi connectivity index (χ1v) is 12.7. The quantitative estimate of drug-likeness (QED) is 0.441. The maximum absolute atomic E-state index is 13.0. The van der Waals surface area contributed by atoms with Crippen LogP contribution in [-0.2, 0) is 33.3 Å². The third-order valence-electron chi connectivity index (χ3n) is 4.80. The van der Waals surface area contributed by atoms with Gasteiger partial charge < -0.3 is 0 Å². The predicted molar refractivity (Wildman–Crippen MR) is 115 cm³/mol. The van der Waals surface area contributed by atoms with Gasteiger partial charge in [-0.15, -0.1) is 0 Å². The zero-order chi connectivity index (χ0) is 23.6. The Hall–Kier alpha value is -3.06. The van der Waals surface area contributed by atoms with E-state index in [1.165, 1.54) is 35.0 Å². The summed E-state index contributed by atoms with van der Waals surface area (Å²) in [6.07, 6.45) is -1.25. The molecule has 0 aliphatic heterocycles. The highest BCUT2D eigenvalue weighted by molar-refractivity contribution is 8.09. The standard InChI is InChI=1S/C19H17F3N4O4S2/c1-24-11-16-15-10-14(26(31(2,27)28)32(3,29)30)8-9-17(15)25(18(16)23-24)13-6-4-12(5-7-13)19(20,21)22/h4-11H,1-3H3. The van der Waals surface area contributed by atoms with Crippen molar-refractivity contribution in [1.82, 2.24) is 14.3 Å². The number of aromatic nitrogens is 3.